The van der Waals surface area contributed by atoms with Crippen molar-refractivity contribution >= 4 is 12.4 Å². The summed E-state index contributed by atoms with van der Waals surface area (Å²) in [5, 5.41) is 0. The van der Waals surface area contributed by atoms with Crippen LogP contribution in [-0.4, -0.2) is 6.29 Å². The van der Waals surface area contributed by atoms with Gasteiger partial charge in [-0.1, -0.05) is 115 Å². The lowest BCUT2D eigenvalue weighted by Gasteiger charge is -2.23. The first-order valence-corrected chi connectivity index (χ1v) is 9.73. The molecule has 1 atom stereocenters. The molecule has 3 aromatic carbocycles. The summed E-state index contributed by atoms with van der Waals surface area (Å²) in [4.78, 5) is 12.2. The van der Waals surface area contributed by atoms with Gasteiger partial charge >= 0.3 is 0 Å². The first-order chi connectivity index (χ1) is 13.8. The van der Waals surface area contributed by atoms with Gasteiger partial charge in [-0.25, -0.2) is 0 Å². The molecule has 0 heterocycles. The van der Waals surface area contributed by atoms with Gasteiger partial charge in [-0.05, 0) is 36.0 Å². The fraction of sp³-hybridized carbons (Fsp3) is 0.148. The molecule has 0 saturated carbocycles. The monoisotopic (exact) mass is 366 g/mol. The molecular formula is C27H26O. The Balaban J connectivity index is 1.78. The molecule has 28 heavy (non-hydrogen) atoms. The Morgan fingerprint density at radius 3 is 1.86 bits per heavy atom. The Hall–Kier alpha value is -3.19. The highest BCUT2D eigenvalue weighted by molar-refractivity contribution is 5.65. The van der Waals surface area contributed by atoms with Gasteiger partial charge in [0.1, 0.15) is 6.29 Å². The van der Waals surface area contributed by atoms with Crippen LogP contribution in [0.15, 0.2) is 109 Å². The van der Waals surface area contributed by atoms with Gasteiger partial charge in [-0.15, -0.1) is 0 Å². The Bertz CT molecular complexity index is 895. The van der Waals surface area contributed by atoms with E-state index in [0.717, 1.165) is 18.3 Å². The predicted octanol–water partition coefficient (Wildman–Crippen LogP) is 6.32. The van der Waals surface area contributed by atoms with Crippen LogP contribution in [0.4, 0.5) is 0 Å². The summed E-state index contributed by atoms with van der Waals surface area (Å²) in [5.74, 6) is 0. The quantitative estimate of drug-likeness (QED) is 0.320. The Morgan fingerprint density at radius 2 is 1.25 bits per heavy atom. The fourth-order valence-electron chi connectivity index (χ4n) is 3.33. The van der Waals surface area contributed by atoms with Crippen LogP contribution in [0.3, 0.4) is 0 Å². The molecule has 0 amide bonds. The lowest BCUT2D eigenvalue weighted by molar-refractivity contribution is -0.114. The molecule has 1 nitrogen and oxygen atoms in total. The number of allylic oxidation sites excluding steroid dienone is 3. The van der Waals surface area contributed by atoms with Crippen LogP contribution in [0.5, 0.6) is 0 Å². The molecule has 0 fully saturated rings. The van der Waals surface area contributed by atoms with Crippen molar-refractivity contribution in [3.63, 3.8) is 0 Å². The molecule has 0 spiro atoms. The highest BCUT2D eigenvalue weighted by Crippen LogP contribution is 2.28. The second-order valence-electron chi connectivity index (χ2n) is 7.12. The Morgan fingerprint density at radius 1 is 0.679 bits per heavy atom. The number of benzene rings is 3. The van der Waals surface area contributed by atoms with Gasteiger partial charge in [0.05, 0.1) is 5.41 Å². The minimum Gasteiger partial charge on any atom is -0.302 e. The summed E-state index contributed by atoms with van der Waals surface area (Å²) >= 11 is 0. The predicted molar refractivity (Wildman–Crippen MR) is 118 cm³/mol. The van der Waals surface area contributed by atoms with E-state index in [9.17, 15) is 4.79 Å². The van der Waals surface area contributed by atoms with E-state index in [-0.39, 0.29) is 0 Å². The molecule has 3 rings (SSSR count). The smallest absolute Gasteiger partial charge is 0.130 e. The van der Waals surface area contributed by atoms with Crippen molar-refractivity contribution in [1.29, 1.82) is 0 Å². The Kier molecular flexibility index (Phi) is 7.14. The van der Waals surface area contributed by atoms with Gasteiger partial charge in [0.2, 0.25) is 0 Å². The van der Waals surface area contributed by atoms with E-state index in [1.165, 1.54) is 11.1 Å². The zero-order valence-electron chi connectivity index (χ0n) is 16.1. The van der Waals surface area contributed by atoms with Gasteiger partial charge in [0.25, 0.3) is 0 Å². The third-order valence-corrected chi connectivity index (χ3v) is 4.86. The van der Waals surface area contributed by atoms with Crippen LogP contribution in [0, 0.1) is 5.41 Å². The zero-order valence-corrected chi connectivity index (χ0v) is 16.1. The fourth-order valence-corrected chi connectivity index (χ4v) is 3.33. The minimum atomic E-state index is -0.540. The van der Waals surface area contributed by atoms with Gasteiger partial charge in [-0.3, -0.25) is 0 Å². The maximum absolute atomic E-state index is 12.2. The maximum atomic E-state index is 12.2. The SMILES string of the molecule is O=CC(/C=C/Cc1ccccc1)(C/C=C/c1ccccc1)Cc1ccccc1. The lowest BCUT2D eigenvalue weighted by atomic mass is 9.79. The summed E-state index contributed by atoms with van der Waals surface area (Å²) in [7, 11) is 0. The van der Waals surface area contributed by atoms with Crippen molar-refractivity contribution in [2.24, 2.45) is 5.41 Å². The van der Waals surface area contributed by atoms with E-state index in [2.05, 4.69) is 60.7 Å². The summed E-state index contributed by atoms with van der Waals surface area (Å²) < 4.78 is 0. The van der Waals surface area contributed by atoms with E-state index >= 15 is 0 Å². The van der Waals surface area contributed by atoms with E-state index in [1.807, 2.05) is 54.6 Å². The van der Waals surface area contributed by atoms with Crippen molar-refractivity contribution < 1.29 is 4.79 Å². The van der Waals surface area contributed by atoms with Crippen molar-refractivity contribution in [3.8, 4) is 0 Å². The summed E-state index contributed by atoms with van der Waals surface area (Å²) in [6.45, 7) is 0. The molecule has 1 unspecified atom stereocenters. The lowest BCUT2D eigenvalue weighted by Crippen LogP contribution is -2.22. The largest absolute Gasteiger partial charge is 0.302 e. The minimum absolute atomic E-state index is 0.540. The second-order valence-corrected chi connectivity index (χ2v) is 7.12. The average molecular weight is 367 g/mol. The molecule has 3 aromatic rings. The molecule has 0 aliphatic rings. The average Bonchev–Trinajstić information content (AvgIpc) is 2.76. The molecule has 0 aromatic heterocycles. The first kappa shape index (κ1) is 19.6. The third-order valence-electron chi connectivity index (χ3n) is 4.86. The molecule has 0 aliphatic carbocycles. The van der Waals surface area contributed by atoms with E-state index in [0.29, 0.717) is 12.8 Å². The topological polar surface area (TPSA) is 17.1 Å². The number of aldehydes is 1. The maximum Gasteiger partial charge on any atom is 0.130 e. The van der Waals surface area contributed by atoms with Crippen molar-refractivity contribution in [1.82, 2.24) is 0 Å². The third kappa shape index (κ3) is 5.92. The molecule has 1 heteroatoms. The van der Waals surface area contributed by atoms with Crippen LogP contribution < -0.4 is 0 Å². The van der Waals surface area contributed by atoms with Gasteiger partial charge < -0.3 is 4.79 Å². The molecule has 0 saturated heterocycles. The standard InChI is InChI=1S/C27H26O/c28-23-27(22-26-16-8-3-9-17-26,20-10-18-24-12-4-1-5-13-24)21-11-19-25-14-6-2-7-15-25/h1-18,21,23H,19-20,22H2/b18-10+,21-11+. The Labute approximate surface area is 168 Å². The van der Waals surface area contributed by atoms with Gasteiger partial charge in [0, 0.05) is 0 Å². The highest BCUT2D eigenvalue weighted by atomic mass is 16.1. The van der Waals surface area contributed by atoms with E-state index in [4.69, 9.17) is 0 Å². The van der Waals surface area contributed by atoms with Crippen LogP contribution >= 0.6 is 0 Å². The summed E-state index contributed by atoms with van der Waals surface area (Å²) in [6, 6.07) is 30.8. The second kappa shape index (κ2) is 10.2. The summed E-state index contributed by atoms with van der Waals surface area (Å²) in [6.07, 6.45) is 11.7. The first-order valence-electron chi connectivity index (χ1n) is 9.73. The van der Waals surface area contributed by atoms with Crippen LogP contribution in [0.25, 0.3) is 6.08 Å². The molecule has 0 N–H and O–H groups in total. The van der Waals surface area contributed by atoms with Crippen molar-refractivity contribution in [2.45, 2.75) is 19.3 Å². The zero-order chi connectivity index (χ0) is 19.5. The molecule has 140 valence electrons. The van der Waals surface area contributed by atoms with Gasteiger partial charge in [-0.2, -0.15) is 0 Å². The van der Waals surface area contributed by atoms with E-state index in [1.54, 1.807) is 0 Å². The van der Waals surface area contributed by atoms with Crippen molar-refractivity contribution in [2.75, 3.05) is 0 Å². The number of rotatable bonds is 9. The molecule has 0 aliphatic heterocycles. The van der Waals surface area contributed by atoms with E-state index < -0.39 is 5.41 Å². The highest BCUT2D eigenvalue weighted by Gasteiger charge is 2.25. The number of carbonyl (C=O) groups excluding carboxylic acids is 1. The van der Waals surface area contributed by atoms with Crippen molar-refractivity contribution in [3.05, 3.63) is 126 Å². The van der Waals surface area contributed by atoms with Gasteiger partial charge in [0.15, 0.2) is 0 Å². The molecule has 0 radical (unpaired) electrons. The number of hydrogen-bond donors (Lipinski definition) is 0. The molecule has 0 bridgehead atoms. The normalized spacial score (nSPS) is 13.6. The van der Waals surface area contributed by atoms with Crippen LogP contribution in [0.1, 0.15) is 23.1 Å². The summed E-state index contributed by atoms with van der Waals surface area (Å²) in [5.41, 5.74) is 3.03. The number of hydrogen-bond acceptors (Lipinski definition) is 1. The number of carbonyl (C=O) groups is 1. The van der Waals surface area contributed by atoms with Crippen LogP contribution in [-0.2, 0) is 17.6 Å². The molecular weight excluding hydrogens is 340 g/mol. The van der Waals surface area contributed by atoms with Crippen LogP contribution in [0.2, 0.25) is 0 Å².